The summed E-state index contributed by atoms with van der Waals surface area (Å²) in [5.74, 6) is 0.651. The molecule has 0 saturated carbocycles. The number of aromatic nitrogens is 2. The van der Waals surface area contributed by atoms with Crippen molar-refractivity contribution in [1.82, 2.24) is 9.38 Å². The Labute approximate surface area is 165 Å². The third kappa shape index (κ3) is 3.26. The number of pyridine rings is 1. The van der Waals surface area contributed by atoms with Gasteiger partial charge in [0.1, 0.15) is 22.8 Å². The first-order chi connectivity index (χ1) is 13.1. The Morgan fingerprint density at radius 3 is 2.59 bits per heavy atom. The summed E-state index contributed by atoms with van der Waals surface area (Å²) < 4.78 is 8.05. The molecule has 0 atom stereocenters. The van der Waals surface area contributed by atoms with Gasteiger partial charge >= 0.3 is 0 Å². The Morgan fingerprint density at radius 1 is 1.07 bits per heavy atom. The molecule has 4 nitrogen and oxygen atoms in total. The molecule has 0 N–H and O–H groups in total. The van der Waals surface area contributed by atoms with Gasteiger partial charge in [0, 0.05) is 21.8 Å². The number of benzene rings is 2. The Hall–Kier alpha value is -2.92. The number of imidazole rings is 1. The maximum atomic E-state index is 13.4. The number of methoxy groups -OCH3 is 1. The standard InChI is InChI=1S/C22H17BrN2O2/c1-14-6-8-15(9-7-14)22(26)21-20(16-4-3-5-18(12-16)27-2)24-19-11-10-17(23)13-25(19)21/h3-13H,1-2H3. The topological polar surface area (TPSA) is 43.6 Å². The quantitative estimate of drug-likeness (QED) is 0.420. The zero-order valence-electron chi connectivity index (χ0n) is 14.9. The minimum absolute atomic E-state index is 0.0709. The lowest BCUT2D eigenvalue weighted by Gasteiger charge is -2.07. The molecule has 0 amide bonds. The molecule has 4 rings (SSSR count). The normalized spacial score (nSPS) is 10.9. The lowest BCUT2D eigenvalue weighted by Crippen LogP contribution is -2.07. The molecule has 0 spiro atoms. The zero-order chi connectivity index (χ0) is 19.0. The fourth-order valence-electron chi connectivity index (χ4n) is 3.05. The Balaban J connectivity index is 1.97. The van der Waals surface area contributed by atoms with Gasteiger partial charge in [-0.2, -0.15) is 0 Å². The molecule has 5 heteroatoms. The van der Waals surface area contributed by atoms with E-state index in [-0.39, 0.29) is 5.78 Å². The summed E-state index contributed by atoms with van der Waals surface area (Å²) in [7, 11) is 1.62. The number of ketones is 1. The van der Waals surface area contributed by atoms with Crippen LogP contribution in [0.5, 0.6) is 5.75 Å². The number of halogens is 1. The van der Waals surface area contributed by atoms with E-state index >= 15 is 0 Å². The average Bonchev–Trinajstić information content (AvgIpc) is 3.06. The number of rotatable bonds is 4. The summed E-state index contributed by atoms with van der Waals surface area (Å²) in [6.45, 7) is 2.00. The van der Waals surface area contributed by atoms with Crippen LogP contribution in [0, 0.1) is 6.92 Å². The van der Waals surface area contributed by atoms with Crippen LogP contribution < -0.4 is 4.74 Å². The van der Waals surface area contributed by atoms with Crippen molar-refractivity contribution in [2.45, 2.75) is 6.92 Å². The second-order valence-electron chi connectivity index (χ2n) is 6.31. The number of hydrogen-bond acceptors (Lipinski definition) is 3. The highest BCUT2D eigenvalue weighted by atomic mass is 79.9. The predicted octanol–water partition coefficient (Wildman–Crippen LogP) is 5.31. The van der Waals surface area contributed by atoms with Crippen molar-refractivity contribution in [1.29, 1.82) is 0 Å². The van der Waals surface area contributed by atoms with Gasteiger partial charge in [0.25, 0.3) is 0 Å². The van der Waals surface area contributed by atoms with E-state index in [1.807, 2.05) is 78.2 Å². The second kappa shape index (κ2) is 7.00. The van der Waals surface area contributed by atoms with Crippen molar-refractivity contribution in [3.63, 3.8) is 0 Å². The largest absolute Gasteiger partial charge is 0.497 e. The Kier molecular flexibility index (Phi) is 4.54. The first-order valence-electron chi connectivity index (χ1n) is 8.50. The molecule has 0 aliphatic carbocycles. The van der Waals surface area contributed by atoms with Crippen molar-refractivity contribution in [2.24, 2.45) is 0 Å². The van der Waals surface area contributed by atoms with Gasteiger partial charge in [-0.05, 0) is 47.1 Å². The van der Waals surface area contributed by atoms with Gasteiger partial charge in [-0.25, -0.2) is 4.98 Å². The van der Waals surface area contributed by atoms with Crippen LogP contribution in [0.15, 0.2) is 71.3 Å². The van der Waals surface area contributed by atoms with Crippen molar-refractivity contribution in [3.05, 3.63) is 88.2 Å². The fourth-order valence-corrected chi connectivity index (χ4v) is 3.39. The molecule has 4 aromatic rings. The molecule has 2 aromatic carbocycles. The lowest BCUT2D eigenvalue weighted by atomic mass is 10.0. The number of hydrogen-bond donors (Lipinski definition) is 0. The molecule has 0 saturated heterocycles. The molecule has 0 fully saturated rings. The van der Waals surface area contributed by atoms with Gasteiger partial charge in [0.2, 0.25) is 5.78 Å². The Bertz CT molecular complexity index is 1150. The number of fused-ring (bicyclic) bond motifs is 1. The van der Waals surface area contributed by atoms with Crippen LogP contribution in [0.25, 0.3) is 16.9 Å². The highest BCUT2D eigenvalue weighted by molar-refractivity contribution is 9.10. The summed E-state index contributed by atoms with van der Waals surface area (Å²) >= 11 is 3.49. The van der Waals surface area contributed by atoms with E-state index in [1.165, 1.54) is 0 Å². The van der Waals surface area contributed by atoms with E-state index < -0.39 is 0 Å². The minimum Gasteiger partial charge on any atom is -0.497 e. The maximum absolute atomic E-state index is 13.4. The van der Waals surface area contributed by atoms with E-state index in [1.54, 1.807) is 7.11 Å². The second-order valence-corrected chi connectivity index (χ2v) is 7.23. The van der Waals surface area contributed by atoms with Crippen LogP contribution in [0.4, 0.5) is 0 Å². The molecule has 134 valence electrons. The van der Waals surface area contributed by atoms with Crippen LogP contribution in [-0.2, 0) is 0 Å². The van der Waals surface area contributed by atoms with Crippen molar-refractivity contribution in [3.8, 4) is 17.0 Å². The lowest BCUT2D eigenvalue weighted by molar-refractivity contribution is 0.103. The van der Waals surface area contributed by atoms with Crippen LogP contribution in [0.3, 0.4) is 0 Å². The van der Waals surface area contributed by atoms with Crippen LogP contribution >= 0.6 is 15.9 Å². The molecule has 0 aliphatic heterocycles. The van der Waals surface area contributed by atoms with Gasteiger partial charge < -0.3 is 4.74 Å². The third-order valence-electron chi connectivity index (χ3n) is 4.45. The van der Waals surface area contributed by atoms with E-state index in [0.717, 1.165) is 21.3 Å². The van der Waals surface area contributed by atoms with Crippen molar-refractivity contribution in [2.75, 3.05) is 7.11 Å². The minimum atomic E-state index is -0.0709. The zero-order valence-corrected chi connectivity index (χ0v) is 16.5. The molecule has 0 unspecified atom stereocenters. The third-order valence-corrected chi connectivity index (χ3v) is 4.92. The van der Waals surface area contributed by atoms with Crippen molar-refractivity contribution >= 4 is 27.4 Å². The number of carbonyl (C=O) groups is 1. The number of nitrogens with zero attached hydrogens (tertiary/aromatic N) is 2. The SMILES string of the molecule is COc1cccc(-c2nc3ccc(Br)cn3c2C(=O)c2ccc(C)cc2)c1. The molecule has 0 bridgehead atoms. The summed E-state index contributed by atoms with van der Waals surface area (Å²) in [5, 5.41) is 0. The van der Waals surface area contributed by atoms with Crippen molar-refractivity contribution < 1.29 is 9.53 Å². The van der Waals surface area contributed by atoms with Gasteiger partial charge in [0.05, 0.1) is 7.11 Å². The van der Waals surface area contributed by atoms with Gasteiger partial charge in [-0.15, -0.1) is 0 Å². The maximum Gasteiger partial charge on any atom is 0.212 e. The summed E-state index contributed by atoms with van der Waals surface area (Å²) in [6.07, 6.45) is 1.87. The highest BCUT2D eigenvalue weighted by Gasteiger charge is 2.22. The smallest absolute Gasteiger partial charge is 0.212 e. The molecule has 0 aliphatic rings. The van der Waals surface area contributed by atoms with Gasteiger partial charge in [0.15, 0.2) is 0 Å². The predicted molar refractivity (Wildman–Crippen MR) is 109 cm³/mol. The van der Waals surface area contributed by atoms with Gasteiger partial charge in [-0.3, -0.25) is 9.20 Å². The fraction of sp³-hybridized carbons (Fsp3) is 0.0909. The van der Waals surface area contributed by atoms with Crippen LogP contribution in [0.2, 0.25) is 0 Å². The summed E-state index contributed by atoms with van der Waals surface area (Å²) in [4.78, 5) is 18.1. The van der Waals surface area contributed by atoms with Crippen LogP contribution in [-0.4, -0.2) is 22.3 Å². The Morgan fingerprint density at radius 2 is 1.85 bits per heavy atom. The monoisotopic (exact) mass is 420 g/mol. The summed E-state index contributed by atoms with van der Waals surface area (Å²) in [6, 6.07) is 19.0. The van der Waals surface area contributed by atoms with E-state index in [0.29, 0.717) is 22.6 Å². The van der Waals surface area contributed by atoms with E-state index in [2.05, 4.69) is 15.9 Å². The molecular weight excluding hydrogens is 404 g/mol. The molecular formula is C22H17BrN2O2. The van der Waals surface area contributed by atoms with Gasteiger partial charge in [-0.1, -0.05) is 42.0 Å². The summed E-state index contributed by atoms with van der Waals surface area (Å²) in [5.41, 5.74) is 4.46. The van der Waals surface area contributed by atoms with Crippen LogP contribution in [0.1, 0.15) is 21.6 Å². The number of carbonyl (C=O) groups excluding carboxylic acids is 1. The number of ether oxygens (including phenoxy) is 1. The average molecular weight is 421 g/mol. The molecule has 2 heterocycles. The first-order valence-corrected chi connectivity index (χ1v) is 9.29. The van der Waals surface area contributed by atoms with E-state index in [9.17, 15) is 4.79 Å². The molecule has 2 aromatic heterocycles. The first kappa shape index (κ1) is 17.5. The highest BCUT2D eigenvalue weighted by Crippen LogP contribution is 2.30. The number of aryl methyl sites for hydroxylation is 1. The molecule has 27 heavy (non-hydrogen) atoms. The van der Waals surface area contributed by atoms with E-state index in [4.69, 9.17) is 9.72 Å². The molecule has 0 radical (unpaired) electrons.